The van der Waals surface area contributed by atoms with E-state index in [1.165, 1.54) is 25.6 Å². The number of hydrogen-bond donors (Lipinski definition) is 4. The molecule has 3 heterocycles. The van der Waals surface area contributed by atoms with Crippen molar-refractivity contribution in [1.82, 2.24) is 19.5 Å². The number of anilines is 1. The summed E-state index contributed by atoms with van der Waals surface area (Å²) in [4.78, 5) is 12.9. The number of aromatic nitrogens is 4. The molecule has 2 aromatic heterocycles. The molecule has 142 valence electrons. The number of thioether (sulfide) groups is 1. The number of aliphatic hydroxyl groups is 3. The van der Waals surface area contributed by atoms with Gasteiger partial charge in [0.1, 0.15) is 24.6 Å². The molecular formula is C16H23N5O4S. The number of fused-ring (bicyclic) bond motifs is 1. The Hall–Kier alpha value is -1.46. The zero-order valence-electron chi connectivity index (χ0n) is 14.2. The smallest absolute Gasteiger partial charge is 0.172 e. The Kier molecular flexibility index (Phi) is 5.02. The molecular weight excluding hydrogens is 358 g/mol. The molecule has 4 rings (SSSR count). The van der Waals surface area contributed by atoms with Crippen LogP contribution in [0, 0.1) is 0 Å². The first-order valence-corrected chi connectivity index (χ1v) is 9.75. The van der Waals surface area contributed by atoms with E-state index in [9.17, 15) is 15.3 Å². The average molecular weight is 381 g/mol. The molecule has 0 radical (unpaired) electrons. The van der Waals surface area contributed by atoms with E-state index in [0.717, 1.165) is 12.8 Å². The van der Waals surface area contributed by atoms with Gasteiger partial charge in [0, 0.05) is 5.25 Å². The van der Waals surface area contributed by atoms with E-state index in [0.29, 0.717) is 21.6 Å². The molecule has 26 heavy (non-hydrogen) atoms. The highest BCUT2D eigenvalue weighted by molar-refractivity contribution is 7.99. The van der Waals surface area contributed by atoms with Crippen molar-refractivity contribution in [1.29, 1.82) is 0 Å². The second kappa shape index (κ2) is 7.28. The third-order valence-corrected chi connectivity index (χ3v) is 6.37. The second-order valence-electron chi connectivity index (χ2n) is 6.80. The van der Waals surface area contributed by atoms with E-state index in [2.05, 4.69) is 15.0 Å². The highest BCUT2D eigenvalue weighted by Crippen LogP contribution is 2.39. The van der Waals surface area contributed by atoms with Gasteiger partial charge in [0.15, 0.2) is 28.4 Å². The molecule has 0 bridgehead atoms. The SMILES string of the molecule is Nc1ncnc2c1nc(SC1CCCCC1)n2C1O[C@H](CO)[C@@H](O)[C@H]1O. The van der Waals surface area contributed by atoms with Gasteiger partial charge in [-0.1, -0.05) is 31.0 Å². The van der Waals surface area contributed by atoms with Gasteiger partial charge in [-0.3, -0.25) is 4.57 Å². The lowest BCUT2D eigenvalue weighted by molar-refractivity contribution is -0.0548. The van der Waals surface area contributed by atoms with Gasteiger partial charge in [-0.25, -0.2) is 15.0 Å². The van der Waals surface area contributed by atoms with Crippen LogP contribution < -0.4 is 5.73 Å². The van der Waals surface area contributed by atoms with Gasteiger partial charge in [0.05, 0.1) is 6.61 Å². The maximum absolute atomic E-state index is 10.5. The van der Waals surface area contributed by atoms with E-state index in [1.807, 2.05) is 0 Å². The fourth-order valence-electron chi connectivity index (χ4n) is 3.64. The van der Waals surface area contributed by atoms with Gasteiger partial charge >= 0.3 is 0 Å². The minimum Gasteiger partial charge on any atom is -0.394 e. The topological polar surface area (TPSA) is 140 Å². The van der Waals surface area contributed by atoms with E-state index in [4.69, 9.17) is 10.5 Å². The van der Waals surface area contributed by atoms with E-state index < -0.39 is 24.5 Å². The number of aliphatic hydroxyl groups excluding tert-OH is 3. The number of nitrogens with two attached hydrogens (primary N) is 1. The molecule has 10 heteroatoms. The summed E-state index contributed by atoms with van der Waals surface area (Å²) in [5.74, 6) is 0.256. The zero-order valence-corrected chi connectivity index (χ0v) is 15.0. The van der Waals surface area contributed by atoms with Gasteiger partial charge in [-0.05, 0) is 12.8 Å². The number of rotatable bonds is 4. The van der Waals surface area contributed by atoms with Crippen LogP contribution in [0.1, 0.15) is 38.3 Å². The fourth-order valence-corrected chi connectivity index (χ4v) is 4.96. The number of imidazole rings is 1. The van der Waals surface area contributed by atoms with Crippen LogP contribution in [-0.2, 0) is 4.74 Å². The van der Waals surface area contributed by atoms with Gasteiger partial charge in [0.2, 0.25) is 0 Å². The molecule has 0 aromatic carbocycles. The quantitative estimate of drug-likeness (QED) is 0.594. The Morgan fingerprint density at radius 2 is 1.96 bits per heavy atom. The molecule has 2 fully saturated rings. The molecule has 2 aromatic rings. The Balaban J connectivity index is 1.76. The lowest BCUT2D eigenvalue weighted by Crippen LogP contribution is -2.33. The lowest BCUT2D eigenvalue weighted by atomic mass is 10.0. The molecule has 2 aliphatic rings. The second-order valence-corrected chi connectivity index (χ2v) is 8.07. The summed E-state index contributed by atoms with van der Waals surface area (Å²) in [5, 5.41) is 31.0. The summed E-state index contributed by atoms with van der Waals surface area (Å²) in [6, 6.07) is 0. The first-order chi connectivity index (χ1) is 12.6. The van der Waals surface area contributed by atoms with Crippen LogP contribution in [0.3, 0.4) is 0 Å². The normalized spacial score (nSPS) is 30.3. The van der Waals surface area contributed by atoms with Gasteiger partial charge in [0.25, 0.3) is 0 Å². The molecule has 1 aliphatic heterocycles. The molecule has 5 N–H and O–H groups in total. The van der Waals surface area contributed by atoms with Crippen molar-refractivity contribution in [3.63, 3.8) is 0 Å². The fraction of sp³-hybridized carbons (Fsp3) is 0.688. The average Bonchev–Trinajstić information content (AvgIpc) is 3.15. The first kappa shape index (κ1) is 17.9. The first-order valence-electron chi connectivity index (χ1n) is 8.87. The summed E-state index contributed by atoms with van der Waals surface area (Å²) >= 11 is 1.62. The molecule has 1 aliphatic carbocycles. The largest absolute Gasteiger partial charge is 0.394 e. The third kappa shape index (κ3) is 3.05. The summed E-state index contributed by atoms with van der Waals surface area (Å²) in [6.07, 6.45) is 3.02. The monoisotopic (exact) mass is 381 g/mol. The van der Waals surface area contributed by atoms with Crippen LogP contribution in [0.4, 0.5) is 5.82 Å². The van der Waals surface area contributed by atoms with Crippen LogP contribution >= 0.6 is 11.8 Å². The maximum Gasteiger partial charge on any atom is 0.172 e. The summed E-state index contributed by atoms with van der Waals surface area (Å²) in [5.41, 5.74) is 6.85. The Morgan fingerprint density at radius 1 is 1.19 bits per heavy atom. The van der Waals surface area contributed by atoms with Gasteiger partial charge in [-0.2, -0.15) is 0 Å². The zero-order chi connectivity index (χ0) is 18.3. The number of hydrogen-bond acceptors (Lipinski definition) is 9. The number of nitrogens with zero attached hydrogens (tertiary/aromatic N) is 4. The third-order valence-electron chi connectivity index (χ3n) is 5.07. The van der Waals surface area contributed by atoms with Crippen molar-refractivity contribution < 1.29 is 20.1 Å². The van der Waals surface area contributed by atoms with E-state index >= 15 is 0 Å². The van der Waals surface area contributed by atoms with Crippen molar-refractivity contribution in [2.75, 3.05) is 12.3 Å². The van der Waals surface area contributed by atoms with Crippen LogP contribution in [-0.4, -0.2) is 65.0 Å². The van der Waals surface area contributed by atoms with Crippen molar-refractivity contribution in [3.8, 4) is 0 Å². The van der Waals surface area contributed by atoms with Crippen LogP contribution in [0.25, 0.3) is 11.2 Å². The number of nitrogen functional groups attached to an aromatic ring is 1. The van der Waals surface area contributed by atoms with Crippen LogP contribution in [0.5, 0.6) is 0 Å². The predicted octanol–water partition coefficient (Wildman–Crippen LogP) is 0.445. The lowest BCUT2D eigenvalue weighted by Gasteiger charge is -2.23. The summed E-state index contributed by atoms with van der Waals surface area (Å²) in [7, 11) is 0. The van der Waals surface area contributed by atoms with Crippen LogP contribution in [0.15, 0.2) is 11.5 Å². The van der Waals surface area contributed by atoms with Crippen molar-refractivity contribution in [3.05, 3.63) is 6.33 Å². The Morgan fingerprint density at radius 3 is 2.65 bits per heavy atom. The molecule has 1 saturated heterocycles. The molecule has 4 atom stereocenters. The molecule has 0 spiro atoms. The van der Waals surface area contributed by atoms with Crippen LogP contribution in [0.2, 0.25) is 0 Å². The van der Waals surface area contributed by atoms with E-state index in [-0.39, 0.29) is 12.4 Å². The Labute approximate surface area is 154 Å². The molecule has 1 saturated carbocycles. The van der Waals surface area contributed by atoms with Gasteiger partial charge in [-0.15, -0.1) is 0 Å². The van der Waals surface area contributed by atoms with Crippen molar-refractivity contribution in [2.45, 2.75) is 67.1 Å². The van der Waals surface area contributed by atoms with Crippen molar-refractivity contribution in [2.24, 2.45) is 0 Å². The minimum absolute atomic E-state index is 0.256. The summed E-state index contributed by atoms with van der Waals surface area (Å²) < 4.78 is 7.39. The van der Waals surface area contributed by atoms with Gasteiger partial charge < -0.3 is 25.8 Å². The predicted molar refractivity (Wildman–Crippen MR) is 95.5 cm³/mol. The highest BCUT2D eigenvalue weighted by atomic mass is 32.2. The highest BCUT2D eigenvalue weighted by Gasteiger charge is 2.45. The Bertz CT molecular complexity index is 781. The van der Waals surface area contributed by atoms with Crippen molar-refractivity contribution >= 4 is 28.7 Å². The van der Waals surface area contributed by atoms with E-state index in [1.54, 1.807) is 16.3 Å². The minimum atomic E-state index is -1.20. The maximum atomic E-state index is 10.5. The standard InChI is InChI=1S/C16H23N5O4S/c17-13-10-14(19-7-18-13)21(15-12(24)11(23)9(6-22)25-15)16(20-10)26-8-4-2-1-3-5-8/h7-9,11-12,15,22-24H,1-6H2,(H2,17,18,19)/t9-,11-,12-,15?/m1/s1. The molecule has 1 unspecified atom stereocenters. The number of ether oxygens (including phenoxy) is 1. The molecule has 0 amide bonds. The summed E-state index contributed by atoms with van der Waals surface area (Å²) in [6.45, 7) is -0.385. The molecule has 9 nitrogen and oxygen atoms in total.